The van der Waals surface area contributed by atoms with Gasteiger partial charge in [0.1, 0.15) is 11.5 Å². The topological polar surface area (TPSA) is 76.2 Å². The average molecular weight is 433 g/mol. The third-order valence-corrected chi connectivity index (χ3v) is 6.25. The van der Waals surface area contributed by atoms with Gasteiger partial charge in [0.25, 0.3) is 0 Å². The Balaban J connectivity index is 2.10. The molecule has 0 aliphatic rings. The van der Waals surface area contributed by atoms with Crippen LogP contribution < -0.4 is 9.47 Å². The molecule has 30 heavy (non-hydrogen) atoms. The third-order valence-electron chi connectivity index (χ3n) is 4.42. The Morgan fingerprint density at radius 2 is 1.67 bits per heavy atom. The molecule has 0 fully saturated rings. The molecule has 1 amide bonds. The number of likely N-dealkylation sites (N-methyl/N-ethyl adjacent to an activating group) is 1. The Kier molecular flexibility index (Phi) is 8.44. The summed E-state index contributed by atoms with van der Waals surface area (Å²) in [7, 11) is -0.709. The molecule has 0 N–H and O–H groups in total. The minimum atomic E-state index is -3.86. The van der Waals surface area contributed by atoms with Crippen LogP contribution in [0.3, 0.4) is 0 Å². The second-order valence-electron chi connectivity index (χ2n) is 6.59. The fourth-order valence-electron chi connectivity index (χ4n) is 2.78. The summed E-state index contributed by atoms with van der Waals surface area (Å²) in [6.07, 6.45) is 1.46. The minimum Gasteiger partial charge on any atom is -0.497 e. The van der Waals surface area contributed by atoms with Crippen molar-refractivity contribution < 1.29 is 22.7 Å². The minimum absolute atomic E-state index is 0.0248. The monoisotopic (exact) mass is 432 g/mol. The molecular weight excluding hydrogens is 404 g/mol. The molecule has 0 radical (unpaired) electrons. The molecule has 0 saturated heterocycles. The van der Waals surface area contributed by atoms with Gasteiger partial charge < -0.3 is 14.4 Å². The molecule has 8 heteroatoms. The van der Waals surface area contributed by atoms with Gasteiger partial charge in [0.05, 0.1) is 25.2 Å². The van der Waals surface area contributed by atoms with Gasteiger partial charge >= 0.3 is 0 Å². The number of carbonyl (C=O) groups excluding carboxylic acids is 1. The fourth-order valence-corrected chi connectivity index (χ4v) is 4.14. The molecular formula is C22H28N2O5S. The van der Waals surface area contributed by atoms with Gasteiger partial charge in [0, 0.05) is 20.1 Å². The van der Waals surface area contributed by atoms with E-state index < -0.39 is 10.0 Å². The van der Waals surface area contributed by atoms with E-state index in [2.05, 4.69) is 6.58 Å². The number of rotatable bonds is 11. The van der Waals surface area contributed by atoms with E-state index in [1.54, 1.807) is 19.2 Å². The second kappa shape index (κ2) is 10.8. The summed E-state index contributed by atoms with van der Waals surface area (Å²) < 4.78 is 37.6. The lowest BCUT2D eigenvalue weighted by molar-refractivity contribution is -0.130. The first kappa shape index (κ1) is 23.4. The average Bonchev–Trinajstić information content (AvgIpc) is 2.75. The van der Waals surface area contributed by atoms with E-state index in [1.165, 1.54) is 30.2 Å². The maximum absolute atomic E-state index is 13.0. The van der Waals surface area contributed by atoms with Crippen LogP contribution in [0.5, 0.6) is 11.5 Å². The predicted octanol–water partition coefficient (Wildman–Crippen LogP) is 2.93. The van der Waals surface area contributed by atoms with Gasteiger partial charge in [-0.1, -0.05) is 18.2 Å². The number of carbonyl (C=O) groups is 1. The Morgan fingerprint density at radius 3 is 2.20 bits per heavy atom. The zero-order valence-electron chi connectivity index (χ0n) is 17.6. The first-order chi connectivity index (χ1) is 14.3. The molecule has 0 heterocycles. The zero-order chi connectivity index (χ0) is 22.1. The van der Waals surface area contributed by atoms with Crippen LogP contribution in [0, 0.1) is 0 Å². The molecule has 0 aliphatic heterocycles. The first-order valence-corrected chi connectivity index (χ1v) is 11.0. The lowest BCUT2D eigenvalue weighted by atomic mass is 10.2. The summed E-state index contributed by atoms with van der Waals surface area (Å²) in [5.74, 6) is 0.996. The van der Waals surface area contributed by atoms with Gasteiger partial charge in [0.2, 0.25) is 15.9 Å². The van der Waals surface area contributed by atoms with Crippen molar-refractivity contribution in [3.63, 3.8) is 0 Å². The van der Waals surface area contributed by atoms with E-state index in [1.807, 2.05) is 31.2 Å². The molecule has 162 valence electrons. The van der Waals surface area contributed by atoms with Crippen LogP contribution in [0.15, 0.2) is 66.1 Å². The number of amides is 1. The number of ether oxygens (including phenoxy) is 2. The molecule has 2 rings (SSSR count). The summed E-state index contributed by atoms with van der Waals surface area (Å²) in [6.45, 7) is 6.21. The van der Waals surface area contributed by atoms with Crippen LogP contribution in [0.25, 0.3) is 0 Å². The summed E-state index contributed by atoms with van der Waals surface area (Å²) in [4.78, 5) is 14.3. The number of methoxy groups -OCH3 is 1. The quantitative estimate of drug-likeness (QED) is 0.511. The van der Waals surface area contributed by atoms with Crippen LogP contribution in [0.2, 0.25) is 0 Å². The standard InChI is InChI=1S/C22H28N2O5S/c1-5-15-24(30(26,27)21-13-11-19(28-4)12-14-21)17-22(25)23(3)16-18-7-9-20(10-8-18)29-6-2/h5,7-14H,1,6,15-17H2,2-4H3. The van der Waals surface area contributed by atoms with Gasteiger partial charge in [-0.25, -0.2) is 8.42 Å². The van der Waals surface area contributed by atoms with Crippen LogP contribution in [-0.2, 0) is 21.4 Å². The van der Waals surface area contributed by atoms with E-state index in [9.17, 15) is 13.2 Å². The second-order valence-corrected chi connectivity index (χ2v) is 8.53. The molecule has 0 unspecified atom stereocenters. The highest BCUT2D eigenvalue weighted by molar-refractivity contribution is 7.89. The van der Waals surface area contributed by atoms with Crippen LogP contribution in [0.4, 0.5) is 0 Å². The molecule has 2 aromatic carbocycles. The van der Waals surface area contributed by atoms with Crippen LogP contribution in [0.1, 0.15) is 12.5 Å². The smallest absolute Gasteiger partial charge is 0.243 e. The normalized spacial score (nSPS) is 11.2. The van der Waals surface area contributed by atoms with Crippen LogP contribution >= 0.6 is 0 Å². The van der Waals surface area contributed by atoms with Crippen molar-refractivity contribution in [3.05, 3.63) is 66.7 Å². The van der Waals surface area contributed by atoms with Crippen molar-refractivity contribution in [1.29, 1.82) is 0 Å². The van der Waals surface area contributed by atoms with Crippen molar-refractivity contribution in [2.75, 3.05) is 33.9 Å². The maximum Gasteiger partial charge on any atom is 0.243 e. The van der Waals surface area contributed by atoms with E-state index in [4.69, 9.17) is 9.47 Å². The Hall–Kier alpha value is -2.84. The van der Waals surface area contributed by atoms with Gasteiger partial charge in [-0.2, -0.15) is 4.31 Å². The van der Waals surface area contributed by atoms with E-state index >= 15 is 0 Å². The third kappa shape index (κ3) is 6.08. The summed E-state index contributed by atoms with van der Waals surface area (Å²) >= 11 is 0. The van der Waals surface area contributed by atoms with Crippen molar-refractivity contribution in [2.24, 2.45) is 0 Å². The van der Waals surface area contributed by atoms with Crippen molar-refractivity contribution in [1.82, 2.24) is 9.21 Å². The van der Waals surface area contributed by atoms with Crippen molar-refractivity contribution >= 4 is 15.9 Å². The molecule has 0 aliphatic carbocycles. The fraction of sp³-hybridized carbons (Fsp3) is 0.318. The highest BCUT2D eigenvalue weighted by Gasteiger charge is 2.27. The Morgan fingerprint density at radius 1 is 1.07 bits per heavy atom. The molecule has 0 atom stereocenters. The van der Waals surface area contributed by atoms with Gasteiger partial charge in [-0.05, 0) is 48.9 Å². The van der Waals surface area contributed by atoms with Gasteiger partial charge in [-0.3, -0.25) is 4.79 Å². The van der Waals surface area contributed by atoms with Crippen molar-refractivity contribution in [3.8, 4) is 11.5 Å². The number of nitrogens with zero attached hydrogens (tertiary/aromatic N) is 2. The van der Waals surface area contributed by atoms with E-state index in [0.717, 1.165) is 15.6 Å². The molecule has 0 bridgehead atoms. The highest BCUT2D eigenvalue weighted by atomic mass is 32.2. The lowest BCUT2D eigenvalue weighted by Gasteiger charge is -2.24. The SMILES string of the molecule is C=CCN(CC(=O)N(C)Cc1ccc(OCC)cc1)S(=O)(=O)c1ccc(OC)cc1. The summed E-state index contributed by atoms with van der Waals surface area (Å²) in [6, 6.07) is 13.5. The van der Waals surface area contributed by atoms with Gasteiger partial charge in [0.15, 0.2) is 0 Å². The number of sulfonamides is 1. The molecule has 7 nitrogen and oxygen atoms in total. The van der Waals surface area contributed by atoms with Gasteiger partial charge in [-0.15, -0.1) is 6.58 Å². The Labute approximate surface area is 178 Å². The lowest BCUT2D eigenvalue weighted by Crippen LogP contribution is -2.41. The predicted molar refractivity (Wildman–Crippen MR) is 116 cm³/mol. The maximum atomic E-state index is 13.0. The van der Waals surface area contributed by atoms with E-state index in [-0.39, 0.29) is 23.9 Å². The Bertz CT molecular complexity index is 940. The molecule has 0 saturated carbocycles. The number of hydrogen-bond donors (Lipinski definition) is 0. The van der Waals surface area contributed by atoms with E-state index in [0.29, 0.717) is 18.9 Å². The number of hydrogen-bond acceptors (Lipinski definition) is 5. The van der Waals surface area contributed by atoms with Crippen molar-refractivity contribution in [2.45, 2.75) is 18.4 Å². The first-order valence-electron chi connectivity index (χ1n) is 9.52. The highest BCUT2D eigenvalue weighted by Crippen LogP contribution is 2.20. The van der Waals surface area contributed by atoms with Crippen LogP contribution in [-0.4, -0.2) is 57.4 Å². The molecule has 2 aromatic rings. The number of benzene rings is 2. The largest absolute Gasteiger partial charge is 0.497 e. The molecule has 0 spiro atoms. The summed E-state index contributed by atoms with van der Waals surface area (Å²) in [5.41, 5.74) is 0.919. The zero-order valence-corrected chi connectivity index (χ0v) is 18.4. The molecule has 0 aromatic heterocycles. The summed E-state index contributed by atoms with van der Waals surface area (Å²) in [5, 5.41) is 0.